The third kappa shape index (κ3) is 6.74. The van der Waals surface area contributed by atoms with Crippen molar-refractivity contribution in [3.8, 4) is 0 Å². The molecule has 0 saturated heterocycles. The Morgan fingerprint density at radius 3 is 2.80 bits per heavy atom. The molecule has 0 amide bonds. The number of nitrogens with one attached hydrogen (secondary N) is 2. The lowest BCUT2D eigenvalue weighted by Crippen LogP contribution is -2.38. The summed E-state index contributed by atoms with van der Waals surface area (Å²) in [5.74, 6) is 2.42. The fraction of sp³-hybridized carbons (Fsp3) is 0.500. The molecule has 25 heavy (non-hydrogen) atoms. The molecule has 1 aromatic heterocycles. The van der Waals surface area contributed by atoms with Gasteiger partial charge in [-0.2, -0.15) is 4.98 Å². The van der Waals surface area contributed by atoms with Gasteiger partial charge in [-0.25, -0.2) is 0 Å². The number of hydrogen-bond donors (Lipinski definition) is 2. The summed E-state index contributed by atoms with van der Waals surface area (Å²) in [6.45, 7) is 8.30. The number of nitrogens with zero attached hydrogens (tertiary/aromatic N) is 3. The van der Waals surface area contributed by atoms with E-state index in [0.29, 0.717) is 18.9 Å². The van der Waals surface area contributed by atoms with Gasteiger partial charge in [0.05, 0.1) is 6.54 Å². The number of rotatable bonds is 8. The van der Waals surface area contributed by atoms with E-state index in [-0.39, 0.29) is 5.92 Å². The van der Waals surface area contributed by atoms with Crippen molar-refractivity contribution >= 4 is 17.6 Å². The second-order valence-corrected chi connectivity index (χ2v) is 6.45. The maximum absolute atomic E-state index is 6.01. The summed E-state index contributed by atoms with van der Waals surface area (Å²) in [4.78, 5) is 8.91. The van der Waals surface area contributed by atoms with Crippen LogP contribution in [0.3, 0.4) is 0 Å². The molecule has 0 bridgehead atoms. The third-order valence-corrected chi connectivity index (χ3v) is 3.77. The van der Waals surface area contributed by atoms with Crippen molar-refractivity contribution in [1.82, 2.24) is 20.8 Å². The first-order valence-electron chi connectivity index (χ1n) is 8.67. The molecule has 0 aliphatic carbocycles. The predicted octanol–water partition coefficient (Wildman–Crippen LogP) is 3.19. The van der Waals surface area contributed by atoms with Crippen LogP contribution in [0.5, 0.6) is 0 Å². The van der Waals surface area contributed by atoms with Crippen LogP contribution >= 0.6 is 11.6 Å². The van der Waals surface area contributed by atoms with Gasteiger partial charge in [-0.05, 0) is 31.0 Å². The molecular weight excluding hydrogens is 338 g/mol. The van der Waals surface area contributed by atoms with Crippen molar-refractivity contribution in [2.24, 2.45) is 4.99 Å². The minimum atomic E-state index is 0.270. The van der Waals surface area contributed by atoms with Gasteiger partial charge < -0.3 is 15.2 Å². The third-order valence-electron chi connectivity index (χ3n) is 3.54. The van der Waals surface area contributed by atoms with Gasteiger partial charge in [0.15, 0.2) is 11.8 Å². The van der Waals surface area contributed by atoms with Gasteiger partial charge in [0, 0.05) is 30.5 Å². The summed E-state index contributed by atoms with van der Waals surface area (Å²) in [6.07, 6.45) is 1.51. The lowest BCUT2D eigenvalue weighted by molar-refractivity contribution is 0.372. The number of halogens is 1. The second-order valence-electron chi connectivity index (χ2n) is 6.02. The Balaban J connectivity index is 1.80. The maximum atomic E-state index is 6.01. The van der Waals surface area contributed by atoms with Crippen molar-refractivity contribution in [3.63, 3.8) is 0 Å². The molecule has 0 saturated carbocycles. The zero-order valence-electron chi connectivity index (χ0n) is 15.1. The van der Waals surface area contributed by atoms with Gasteiger partial charge in [-0.1, -0.05) is 42.7 Å². The van der Waals surface area contributed by atoms with Crippen LogP contribution in [0.25, 0.3) is 0 Å². The number of benzene rings is 1. The largest absolute Gasteiger partial charge is 0.357 e. The second kappa shape index (κ2) is 10.0. The minimum Gasteiger partial charge on any atom is -0.357 e. The minimum absolute atomic E-state index is 0.270. The van der Waals surface area contributed by atoms with Crippen LogP contribution in [0, 0.1) is 0 Å². The van der Waals surface area contributed by atoms with E-state index < -0.39 is 0 Å². The van der Waals surface area contributed by atoms with Crippen molar-refractivity contribution in [2.45, 2.75) is 39.5 Å². The van der Waals surface area contributed by atoms with Crippen LogP contribution in [0.1, 0.15) is 44.0 Å². The van der Waals surface area contributed by atoms with Gasteiger partial charge >= 0.3 is 0 Å². The van der Waals surface area contributed by atoms with Crippen LogP contribution in [-0.4, -0.2) is 35.7 Å². The first kappa shape index (κ1) is 19.2. The Labute approximate surface area is 154 Å². The highest BCUT2D eigenvalue weighted by Crippen LogP contribution is 2.11. The van der Waals surface area contributed by atoms with Crippen molar-refractivity contribution < 1.29 is 4.52 Å². The van der Waals surface area contributed by atoms with Crippen LogP contribution in [0.4, 0.5) is 0 Å². The number of aliphatic imine (C=N–C) groups is 1. The Bertz CT molecular complexity index is 684. The first-order valence-corrected chi connectivity index (χ1v) is 9.05. The van der Waals surface area contributed by atoms with Gasteiger partial charge in [0.25, 0.3) is 0 Å². The average molecular weight is 364 g/mol. The Morgan fingerprint density at radius 1 is 1.28 bits per heavy atom. The first-order chi connectivity index (χ1) is 12.1. The molecule has 0 radical (unpaired) electrons. The predicted molar refractivity (Wildman–Crippen MR) is 101 cm³/mol. The number of guanidine groups is 1. The summed E-state index contributed by atoms with van der Waals surface area (Å²) < 4.78 is 5.23. The van der Waals surface area contributed by atoms with E-state index in [1.807, 2.05) is 39.0 Å². The van der Waals surface area contributed by atoms with E-state index in [0.717, 1.165) is 36.3 Å². The van der Waals surface area contributed by atoms with E-state index in [1.165, 1.54) is 5.56 Å². The highest BCUT2D eigenvalue weighted by molar-refractivity contribution is 6.30. The van der Waals surface area contributed by atoms with E-state index >= 15 is 0 Å². The summed E-state index contributed by atoms with van der Waals surface area (Å²) >= 11 is 6.01. The monoisotopic (exact) mass is 363 g/mol. The molecule has 136 valence electrons. The highest BCUT2D eigenvalue weighted by Gasteiger charge is 2.09. The number of hydrogen-bond acceptors (Lipinski definition) is 4. The quantitative estimate of drug-likeness (QED) is 0.556. The summed E-state index contributed by atoms with van der Waals surface area (Å²) in [5, 5.41) is 11.3. The van der Waals surface area contributed by atoms with Crippen LogP contribution < -0.4 is 10.6 Å². The van der Waals surface area contributed by atoms with Gasteiger partial charge in [-0.15, -0.1) is 0 Å². The molecule has 2 rings (SSSR count). The standard InChI is InChI=1S/C18H26ClN5O/c1-4-20-18(21-10-8-14-6-5-7-15(19)12-14)22-11-9-16-23-17(13(2)3)24-25-16/h5-7,12-13H,4,8-11H2,1-3H3,(H2,20,21,22). The average Bonchev–Trinajstić information content (AvgIpc) is 3.04. The van der Waals surface area contributed by atoms with Crippen LogP contribution in [-0.2, 0) is 12.8 Å². The summed E-state index contributed by atoms with van der Waals surface area (Å²) in [5.41, 5.74) is 1.20. The molecule has 0 fully saturated rings. The van der Waals surface area contributed by atoms with Gasteiger partial charge in [0.2, 0.25) is 5.89 Å². The zero-order valence-corrected chi connectivity index (χ0v) is 15.8. The molecule has 7 heteroatoms. The molecule has 1 heterocycles. The molecule has 0 atom stereocenters. The zero-order chi connectivity index (χ0) is 18.1. The van der Waals surface area contributed by atoms with Crippen LogP contribution in [0.2, 0.25) is 5.02 Å². The van der Waals surface area contributed by atoms with Crippen molar-refractivity contribution in [1.29, 1.82) is 0 Å². The highest BCUT2D eigenvalue weighted by atomic mass is 35.5. The molecule has 0 unspecified atom stereocenters. The van der Waals surface area contributed by atoms with Gasteiger partial charge in [0.1, 0.15) is 0 Å². The lowest BCUT2D eigenvalue weighted by Gasteiger charge is -2.11. The fourth-order valence-corrected chi connectivity index (χ4v) is 2.44. The maximum Gasteiger partial charge on any atom is 0.228 e. The topological polar surface area (TPSA) is 75.3 Å². The van der Waals surface area contributed by atoms with Crippen molar-refractivity contribution in [3.05, 3.63) is 46.6 Å². The van der Waals surface area contributed by atoms with Crippen LogP contribution in [0.15, 0.2) is 33.8 Å². The summed E-state index contributed by atoms with van der Waals surface area (Å²) in [7, 11) is 0. The van der Waals surface area contributed by atoms with Crippen molar-refractivity contribution in [2.75, 3.05) is 19.6 Å². The molecule has 2 N–H and O–H groups in total. The Kier molecular flexibility index (Phi) is 7.73. The molecule has 0 aliphatic heterocycles. The van der Waals surface area contributed by atoms with E-state index in [1.54, 1.807) is 0 Å². The fourth-order valence-electron chi connectivity index (χ4n) is 2.23. The lowest BCUT2D eigenvalue weighted by atomic mass is 10.1. The SMILES string of the molecule is CCNC(=NCCc1nc(C(C)C)no1)NCCc1cccc(Cl)c1. The molecule has 1 aromatic carbocycles. The molecule has 6 nitrogen and oxygen atoms in total. The Hall–Kier alpha value is -2.08. The smallest absolute Gasteiger partial charge is 0.228 e. The molecular formula is C18H26ClN5O. The molecule has 0 spiro atoms. The number of aromatic nitrogens is 2. The molecule has 0 aliphatic rings. The van der Waals surface area contributed by atoms with E-state index in [2.05, 4.69) is 31.8 Å². The molecule has 2 aromatic rings. The van der Waals surface area contributed by atoms with E-state index in [4.69, 9.17) is 16.1 Å². The Morgan fingerprint density at radius 2 is 2.12 bits per heavy atom. The normalized spacial score (nSPS) is 11.8. The van der Waals surface area contributed by atoms with E-state index in [9.17, 15) is 0 Å². The summed E-state index contributed by atoms with van der Waals surface area (Å²) in [6, 6.07) is 7.90. The van der Waals surface area contributed by atoms with Gasteiger partial charge in [-0.3, -0.25) is 4.99 Å².